The molecule has 0 aromatic carbocycles. The third-order valence-electron chi connectivity index (χ3n) is 2.26. The summed E-state index contributed by atoms with van der Waals surface area (Å²) in [7, 11) is 0. The van der Waals surface area contributed by atoms with Crippen LogP contribution in [0.4, 0.5) is 11.6 Å². The second kappa shape index (κ2) is 6.66. The standard InChI is InChI=1S/C12H14N4O5/c1-7-3-9(15-20-7)13-11(17)5-19-6-12(18)14-10-4-8(2)21-16-10/h3-4H,5-6H2,1-2H3,(H,13,15,17)(H,14,16,18). The number of anilines is 2. The first-order chi connectivity index (χ1) is 10.0. The molecule has 0 fully saturated rings. The van der Waals surface area contributed by atoms with Crippen LogP contribution in [0, 0.1) is 13.8 Å². The van der Waals surface area contributed by atoms with Crippen LogP contribution in [0.3, 0.4) is 0 Å². The van der Waals surface area contributed by atoms with Gasteiger partial charge in [-0.15, -0.1) is 0 Å². The molecule has 2 N–H and O–H groups in total. The third kappa shape index (κ3) is 4.73. The molecule has 9 heteroatoms. The molecule has 0 saturated heterocycles. The van der Waals surface area contributed by atoms with E-state index >= 15 is 0 Å². The number of carbonyl (C=O) groups is 2. The smallest absolute Gasteiger partial charge is 0.251 e. The van der Waals surface area contributed by atoms with E-state index in [1.807, 2.05) is 0 Å². The van der Waals surface area contributed by atoms with E-state index in [1.165, 1.54) is 0 Å². The van der Waals surface area contributed by atoms with Crippen molar-refractivity contribution in [2.24, 2.45) is 0 Å². The molecule has 0 aliphatic carbocycles. The molecular formula is C12H14N4O5. The zero-order valence-electron chi connectivity index (χ0n) is 11.5. The fraction of sp³-hybridized carbons (Fsp3) is 0.333. The lowest BCUT2D eigenvalue weighted by molar-refractivity contribution is -0.125. The Morgan fingerprint density at radius 2 is 1.43 bits per heavy atom. The summed E-state index contributed by atoms with van der Waals surface area (Å²) in [5.41, 5.74) is 0. The summed E-state index contributed by atoms with van der Waals surface area (Å²) >= 11 is 0. The second-order valence-electron chi connectivity index (χ2n) is 4.23. The zero-order chi connectivity index (χ0) is 15.2. The van der Waals surface area contributed by atoms with Crippen LogP contribution in [-0.2, 0) is 14.3 Å². The van der Waals surface area contributed by atoms with Crippen molar-refractivity contribution in [3.63, 3.8) is 0 Å². The predicted molar refractivity (Wildman–Crippen MR) is 70.6 cm³/mol. The van der Waals surface area contributed by atoms with Crippen LogP contribution in [0.1, 0.15) is 11.5 Å². The number of nitrogens with zero attached hydrogens (tertiary/aromatic N) is 2. The highest BCUT2D eigenvalue weighted by Crippen LogP contribution is 2.07. The van der Waals surface area contributed by atoms with Crippen LogP contribution < -0.4 is 10.6 Å². The average Bonchev–Trinajstić information content (AvgIpc) is 2.98. The van der Waals surface area contributed by atoms with Gasteiger partial charge in [0.1, 0.15) is 24.7 Å². The number of ether oxygens (including phenoxy) is 1. The molecule has 0 atom stereocenters. The molecular weight excluding hydrogens is 280 g/mol. The molecule has 0 aliphatic rings. The fourth-order valence-electron chi connectivity index (χ4n) is 1.44. The number of carbonyl (C=O) groups excluding carboxylic acids is 2. The van der Waals surface area contributed by atoms with Crippen LogP contribution in [0.25, 0.3) is 0 Å². The van der Waals surface area contributed by atoms with Crippen LogP contribution in [-0.4, -0.2) is 35.3 Å². The Morgan fingerprint density at radius 1 is 1.00 bits per heavy atom. The Morgan fingerprint density at radius 3 is 1.76 bits per heavy atom. The molecule has 2 amide bonds. The molecule has 0 aliphatic heterocycles. The van der Waals surface area contributed by atoms with Crippen molar-refractivity contribution in [2.75, 3.05) is 23.8 Å². The number of hydrogen-bond acceptors (Lipinski definition) is 7. The zero-order valence-corrected chi connectivity index (χ0v) is 11.5. The monoisotopic (exact) mass is 294 g/mol. The van der Waals surface area contributed by atoms with Gasteiger partial charge in [0, 0.05) is 12.1 Å². The maximum absolute atomic E-state index is 11.5. The van der Waals surface area contributed by atoms with Crippen molar-refractivity contribution in [1.29, 1.82) is 0 Å². The lowest BCUT2D eigenvalue weighted by atomic mass is 10.5. The lowest BCUT2D eigenvalue weighted by Gasteiger charge is -2.03. The van der Waals surface area contributed by atoms with Gasteiger partial charge in [-0.3, -0.25) is 9.59 Å². The first-order valence-electron chi connectivity index (χ1n) is 6.07. The van der Waals surface area contributed by atoms with Crippen molar-refractivity contribution in [1.82, 2.24) is 10.3 Å². The quantitative estimate of drug-likeness (QED) is 0.811. The number of aryl methyl sites for hydroxylation is 2. The normalized spacial score (nSPS) is 10.4. The summed E-state index contributed by atoms with van der Waals surface area (Å²) in [5, 5.41) is 12.1. The van der Waals surface area contributed by atoms with E-state index in [0.29, 0.717) is 23.2 Å². The summed E-state index contributed by atoms with van der Waals surface area (Å²) in [6.45, 7) is 2.85. The highest BCUT2D eigenvalue weighted by molar-refractivity contribution is 5.92. The maximum atomic E-state index is 11.5. The van der Waals surface area contributed by atoms with Crippen molar-refractivity contribution in [2.45, 2.75) is 13.8 Å². The predicted octanol–water partition coefficient (Wildman–Crippen LogP) is 0.873. The molecule has 21 heavy (non-hydrogen) atoms. The summed E-state index contributed by atoms with van der Waals surface area (Å²) in [4.78, 5) is 23.0. The van der Waals surface area contributed by atoms with Gasteiger partial charge in [0.15, 0.2) is 11.6 Å². The van der Waals surface area contributed by atoms with Crippen molar-refractivity contribution >= 4 is 23.5 Å². The Kier molecular flexibility index (Phi) is 4.67. The van der Waals surface area contributed by atoms with Gasteiger partial charge in [-0.25, -0.2) is 0 Å². The van der Waals surface area contributed by atoms with E-state index in [1.54, 1.807) is 26.0 Å². The number of aromatic nitrogens is 2. The van der Waals surface area contributed by atoms with Crippen LogP contribution >= 0.6 is 0 Å². The van der Waals surface area contributed by atoms with Crippen molar-refractivity contribution < 1.29 is 23.4 Å². The molecule has 0 unspecified atom stereocenters. The molecule has 2 aromatic rings. The molecule has 0 saturated carbocycles. The average molecular weight is 294 g/mol. The van der Waals surface area contributed by atoms with Crippen LogP contribution in [0.2, 0.25) is 0 Å². The largest absolute Gasteiger partial charge is 0.362 e. The first kappa shape index (κ1) is 14.7. The van der Waals surface area contributed by atoms with Crippen LogP contribution in [0.5, 0.6) is 0 Å². The summed E-state index contributed by atoms with van der Waals surface area (Å²) in [5.74, 6) is 0.871. The van der Waals surface area contributed by atoms with Gasteiger partial charge < -0.3 is 24.4 Å². The molecule has 9 nitrogen and oxygen atoms in total. The molecule has 2 heterocycles. The first-order valence-corrected chi connectivity index (χ1v) is 6.07. The molecule has 0 radical (unpaired) electrons. The Hall–Kier alpha value is -2.68. The van der Waals surface area contributed by atoms with Crippen LogP contribution in [0.15, 0.2) is 21.2 Å². The van der Waals surface area contributed by atoms with E-state index in [-0.39, 0.29) is 13.2 Å². The Labute approximate surface area is 119 Å². The van der Waals surface area contributed by atoms with Gasteiger partial charge >= 0.3 is 0 Å². The molecule has 112 valence electrons. The van der Waals surface area contributed by atoms with Crippen molar-refractivity contribution in [3.05, 3.63) is 23.7 Å². The maximum Gasteiger partial charge on any atom is 0.251 e. The second-order valence-corrected chi connectivity index (χ2v) is 4.23. The van der Waals surface area contributed by atoms with E-state index in [0.717, 1.165) is 0 Å². The minimum Gasteiger partial charge on any atom is -0.362 e. The molecule has 0 bridgehead atoms. The fourth-order valence-corrected chi connectivity index (χ4v) is 1.44. The minimum absolute atomic E-state index is 0.281. The van der Waals surface area contributed by atoms with E-state index in [4.69, 9.17) is 13.8 Å². The lowest BCUT2D eigenvalue weighted by Crippen LogP contribution is -2.24. The topological polar surface area (TPSA) is 119 Å². The summed E-state index contributed by atoms with van der Waals surface area (Å²) in [6.07, 6.45) is 0. The van der Waals surface area contributed by atoms with E-state index in [2.05, 4.69) is 20.9 Å². The molecule has 0 spiro atoms. The number of rotatable bonds is 6. The number of nitrogens with one attached hydrogen (secondary N) is 2. The van der Waals surface area contributed by atoms with Gasteiger partial charge in [-0.2, -0.15) is 0 Å². The van der Waals surface area contributed by atoms with Gasteiger partial charge in [-0.05, 0) is 13.8 Å². The summed E-state index contributed by atoms with van der Waals surface area (Å²) < 4.78 is 14.6. The number of hydrogen-bond donors (Lipinski definition) is 2. The minimum atomic E-state index is -0.437. The Balaban J connectivity index is 1.66. The van der Waals surface area contributed by atoms with Gasteiger partial charge in [0.05, 0.1) is 0 Å². The van der Waals surface area contributed by atoms with E-state index < -0.39 is 11.8 Å². The van der Waals surface area contributed by atoms with Gasteiger partial charge in [0.25, 0.3) is 11.8 Å². The highest BCUT2D eigenvalue weighted by atomic mass is 16.5. The molecule has 2 rings (SSSR count). The van der Waals surface area contributed by atoms with Gasteiger partial charge in [-0.1, -0.05) is 10.3 Å². The highest BCUT2D eigenvalue weighted by Gasteiger charge is 2.09. The summed E-state index contributed by atoms with van der Waals surface area (Å²) in [6, 6.07) is 3.13. The molecule has 2 aromatic heterocycles. The van der Waals surface area contributed by atoms with Crippen molar-refractivity contribution in [3.8, 4) is 0 Å². The number of amides is 2. The van der Waals surface area contributed by atoms with Gasteiger partial charge in [0.2, 0.25) is 0 Å². The third-order valence-corrected chi connectivity index (χ3v) is 2.26. The Bertz CT molecular complexity index is 579. The van der Waals surface area contributed by atoms with E-state index in [9.17, 15) is 9.59 Å². The SMILES string of the molecule is Cc1cc(NC(=O)COCC(=O)Nc2cc(C)on2)no1.